The number of hydrogen-bond donors (Lipinski definition) is 2. The number of benzene rings is 5. The van der Waals surface area contributed by atoms with Crippen LogP contribution in [0.5, 0.6) is 23.0 Å². The van der Waals surface area contributed by atoms with E-state index in [9.17, 15) is 0 Å². The van der Waals surface area contributed by atoms with Crippen LogP contribution in [0.25, 0.3) is 0 Å². The predicted octanol–water partition coefficient (Wildman–Crippen LogP) is 10.4. The largest absolute Gasteiger partial charge is 0.457 e. The van der Waals surface area contributed by atoms with Gasteiger partial charge in [-0.05, 0) is 90.3 Å². The third-order valence-electron chi connectivity index (χ3n) is 7.41. The zero-order valence-electron chi connectivity index (χ0n) is 24.7. The van der Waals surface area contributed by atoms with Gasteiger partial charge in [0.1, 0.15) is 23.0 Å². The van der Waals surface area contributed by atoms with Gasteiger partial charge in [-0.1, -0.05) is 100 Å². The monoisotopic (exact) mass is 558 g/mol. The van der Waals surface area contributed by atoms with Gasteiger partial charge in [0.25, 0.3) is 0 Å². The maximum absolute atomic E-state index is 6.02. The Morgan fingerprint density at radius 3 is 1.14 bits per heavy atom. The minimum absolute atomic E-state index is 0.118. The Bertz CT molecular complexity index is 1330. The third kappa shape index (κ3) is 8.90. The van der Waals surface area contributed by atoms with Crippen LogP contribution in [0, 0.1) is 0 Å². The van der Waals surface area contributed by atoms with Crippen LogP contribution in [-0.2, 0) is 5.41 Å². The number of ether oxygens (including phenoxy) is 2. The summed E-state index contributed by atoms with van der Waals surface area (Å²) < 4.78 is 12.0. The Morgan fingerprint density at radius 1 is 0.476 bits per heavy atom. The molecule has 216 valence electrons. The first-order valence-corrected chi connectivity index (χ1v) is 14.7. The lowest BCUT2D eigenvalue weighted by molar-refractivity contribution is 0.467. The van der Waals surface area contributed by atoms with Gasteiger partial charge < -0.3 is 20.9 Å². The molecule has 0 amide bonds. The quantitative estimate of drug-likeness (QED) is 0.125. The average Bonchev–Trinajstić information content (AvgIpc) is 3.03. The molecule has 0 aromatic heterocycles. The molecular formula is C38H42N2O2. The van der Waals surface area contributed by atoms with Crippen molar-refractivity contribution in [1.29, 1.82) is 0 Å². The second-order valence-electron chi connectivity index (χ2n) is 10.7. The first-order chi connectivity index (χ1) is 20.5. The molecule has 0 aliphatic heterocycles. The Kier molecular flexibility index (Phi) is 11.1. The van der Waals surface area contributed by atoms with Crippen molar-refractivity contribution in [3.8, 4) is 23.0 Å². The molecule has 0 fully saturated rings. The van der Waals surface area contributed by atoms with E-state index in [0.717, 1.165) is 40.8 Å². The van der Waals surface area contributed by atoms with Crippen LogP contribution in [0.2, 0.25) is 0 Å². The lowest BCUT2D eigenvalue weighted by atomic mass is 9.72. The normalized spacial score (nSPS) is 10.8. The van der Waals surface area contributed by atoms with Crippen molar-refractivity contribution in [2.45, 2.75) is 51.4 Å². The Labute approximate surface area is 250 Å². The summed E-state index contributed by atoms with van der Waals surface area (Å²) in [5.41, 5.74) is 15.5. The Morgan fingerprint density at radius 2 is 0.810 bits per heavy atom. The molecule has 5 aromatic rings. The van der Waals surface area contributed by atoms with Crippen LogP contribution in [0.1, 0.15) is 57.1 Å². The van der Waals surface area contributed by atoms with Gasteiger partial charge >= 0.3 is 0 Å². The van der Waals surface area contributed by atoms with Gasteiger partial charge in [-0.15, -0.1) is 0 Å². The van der Waals surface area contributed by atoms with Gasteiger partial charge in [0.2, 0.25) is 0 Å². The second-order valence-corrected chi connectivity index (χ2v) is 10.7. The molecule has 5 aromatic carbocycles. The second kappa shape index (κ2) is 15.3. The molecule has 0 radical (unpaired) electrons. The average molecular weight is 559 g/mol. The highest BCUT2D eigenvalue weighted by Gasteiger charge is 2.28. The van der Waals surface area contributed by atoms with Crippen molar-refractivity contribution < 1.29 is 9.47 Å². The van der Waals surface area contributed by atoms with E-state index in [-0.39, 0.29) is 5.41 Å². The smallest absolute Gasteiger partial charge is 0.127 e. The summed E-state index contributed by atoms with van der Waals surface area (Å²) in [7, 11) is 0. The van der Waals surface area contributed by atoms with Gasteiger partial charge in [0.05, 0.1) is 0 Å². The van der Waals surface area contributed by atoms with Crippen molar-refractivity contribution in [3.05, 3.63) is 145 Å². The number of rotatable bonds is 11. The van der Waals surface area contributed by atoms with Crippen molar-refractivity contribution in [2.24, 2.45) is 0 Å². The van der Waals surface area contributed by atoms with Crippen molar-refractivity contribution >= 4 is 11.4 Å². The van der Waals surface area contributed by atoms with E-state index in [4.69, 9.17) is 20.9 Å². The summed E-state index contributed by atoms with van der Waals surface area (Å²) in [6.45, 7) is 4.59. The molecule has 0 unspecified atom stereocenters. The van der Waals surface area contributed by atoms with Gasteiger partial charge in [-0.25, -0.2) is 0 Å². The van der Waals surface area contributed by atoms with E-state index in [2.05, 4.69) is 62.4 Å². The number of hydrogen-bond acceptors (Lipinski definition) is 4. The predicted molar refractivity (Wildman–Crippen MR) is 176 cm³/mol. The summed E-state index contributed by atoms with van der Waals surface area (Å²) in [5.74, 6) is 3.17. The van der Waals surface area contributed by atoms with E-state index in [0.29, 0.717) is 0 Å². The highest BCUT2D eigenvalue weighted by molar-refractivity contribution is 5.47. The number of nitrogen functional groups attached to an aromatic ring is 2. The summed E-state index contributed by atoms with van der Waals surface area (Å²) >= 11 is 0. The zero-order chi connectivity index (χ0) is 29.6. The number of unbranched alkanes of at least 4 members (excludes halogenated alkanes) is 3. The number of anilines is 2. The van der Waals surface area contributed by atoms with Gasteiger partial charge in [0.15, 0.2) is 0 Å². The molecule has 0 aliphatic carbocycles. The lowest BCUT2D eigenvalue weighted by Gasteiger charge is -2.31. The number of nitrogens with two attached hydrogens (primary N) is 2. The van der Waals surface area contributed by atoms with E-state index < -0.39 is 0 Å². The zero-order valence-corrected chi connectivity index (χ0v) is 24.7. The first kappa shape index (κ1) is 30.3. The SMILES string of the molecule is CCCCCCC(C)(c1ccc(Oc2ccc(N)cc2)cc1)c1ccc(Oc2ccc(N)cc2)cc1.c1ccccc1. The Hall–Kier alpha value is -4.70. The van der Waals surface area contributed by atoms with E-state index in [1.165, 1.54) is 36.8 Å². The minimum atomic E-state index is -0.118. The highest BCUT2D eigenvalue weighted by atomic mass is 16.5. The van der Waals surface area contributed by atoms with E-state index in [1.54, 1.807) is 0 Å². The van der Waals surface area contributed by atoms with E-state index in [1.807, 2.05) is 84.9 Å². The van der Waals surface area contributed by atoms with Gasteiger partial charge in [0, 0.05) is 16.8 Å². The topological polar surface area (TPSA) is 70.5 Å². The molecular weight excluding hydrogens is 516 g/mol. The van der Waals surface area contributed by atoms with Crippen LogP contribution in [0.15, 0.2) is 133 Å². The van der Waals surface area contributed by atoms with Gasteiger partial charge in [-0.2, -0.15) is 0 Å². The molecule has 4 N–H and O–H groups in total. The summed E-state index contributed by atoms with van der Waals surface area (Å²) in [6, 6.07) is 43.9. The van der Waals surface area contributed by atoms with Crippen molar-refractivity contribution in [2.75, 3.05) is 11.5 Å². The molecule has 0 spiro atoms. The maximum atomic E-state index is 6.02. The van der Waals surface area contributed by atoms with Crippen LogP contribution < -0.4 is 20.9 Å². The standard InChI is InChI=1S/C32H36N2O2.C6H6/c1-3-4-5-6-23-32(2,24-7-15-28(16-8-24)35-30-19-11-26(33)12-20-30)25-9-17-29(18-10-25)36-31-21-13-27(34)14-22-31;1-2-4-6-5-3-1/h7-22H,3-6,23,33-34H2,1-2H3;1-6H. The van der Waals surface area contributed by atoms with Crippen LogP contribution in [0.3, 0.4) is 0 Å². The van der Waals surface area contributed by atoms with Crippen molar-refractivity contribution in [3.63, 3.8) is 0 Å². The molecule has 0 atom stereocenters. The third-order valence-corrected chi connectivity index (χ3v) is 7.41. The fourth-order valence-corrected chi connectivity index (χ4v) is 4.87. The van der Waals surface area contributed by atoms with Crippen LogP contribution in [-0.4, -0.2) is 0 Å². The lowest BCUT2D eigenvalue weighted by Crippen LogP contribution is -2.23. The molecule has 0 bridgehead atoms. The molecule has 4 heteroatoms. The fourth-order valence-electron chi connectivity index (χ4n) is 4.87. The molecule has 42 heavy (non-hydrogen) atoms. The van der Waals surface area contributed by atoms with Crippen LogP contribution in [0.4, 0.5) is 11.4 Å². The van der Waals surface area contributed by atoms with Crippen molar-refractivity contribution in [1.82, 2.24) is 0 Å². The molecule has 0 aliphatic rings. The fraction of sp³-hybridized carbons (Fsp3) is 0.211. The summed E-state index contributed by atoms with van der Waals surface area (Å²) in [4.78, 5) is 0. The highest BCUT2D eigenvalue weighted by Crippen LogP contribution is 2.39. The summed E-state index contributed by atoms with van der Waals surface area (Å²) in [5, 5.41) is 0. The molecule has 0 heterocycles. The first-order valence-electron chi connectivity index (χ1n) is 14.7. The van der Waals surface area contributed by atoms with Crippen LogP contribution >= 0.6 is 0 Å². The molecule has 0 saturated heterocycles. The maximum Gasteiger partial charge on any atom is 0.127 e. The molecule has 4 nitrogen and oxygen atoms in total. The minimum Gasteiger partial charge on any atom is -0.457 e. The Balaban J connectivity index is 0.000000600. The summed E-state index contributed by atoms with van der Waals surface area (Å²) in [6.07, 6.45) is 5.98. The van der Waals surface area contributed by atoms with Gasteiger partial charge in [-0.3, -0.25) is 0 Å². The van der Waals surface area contributed by atoms with E-state index >= 15 is 0 Å². The molecule has 5 rings (SSSR count). The molecule has 0 saturated carbocycles.